The summed E-state index contributed by atoms with van der Waals surface area (Å²) in [6.07, 6.45) is 0. The minimum absolute atomic E-state index is 0.0960. The van der Waals surface area contributed by atoms with Gasteiger partial charge in [-0.2, -0.15) is 5.26 Å². The molecule has 2 aromatic rings. The minimum atomic E-state index is -0.401. The molecule has 0 N–H and O–H groups in total. The smallest absolute Gasteiger partial charge is 0.131 e. The van der Waals surface area contributed by atoms with E-state index in [0.717, 1.165) is 5.56 Å². The van der Waals surface area contributed by atoms with Crippen LogP contribution in [0.25, 0.3) is 0 Å². The fraction of sp³-hybridized carbons (Fsp3) is 0.133. The predicted molar refractivity (Wildman–Crippen MR) is 71.6 cm³/mol. The fourth-order valence-corrected chi connectivity index (χ4v) is 1.78. The quantitative estimate of drug-likeness (QED) is 0.839. The lowest BCUT2D eigenvalue weighted by Crippen LogP contribution is -2.00. The monoisotopic (exact) mass is 275 g/mol. The summed E-state index contributed by atoms with van der Waals surface area (Å²) in [5.41, 5.74) is 1.83. The van der Waals surface area contributed by atoms with Gasteiger partial charge < -0.3 is 4.74 Å². The molecule has 0 saturated heterocycles. The van der Waals surface area contributed by atoms with Crippen molar-refractivity contribution in [3.63, 3.8) is 0 Å². The van der Waals surface area contributed by atoms with Gasteiger partial charge in [0.25, 0.3) is 0 Å². The van der Waals surface area contributed by atoms with Crippen LogP contribution in [-0.4, -0.2) is 0 Å². The van der Waals surface area contributed by atoms with Crippen molar-refractivity contribution in [2.24, 2.45) is 0 Å². The molecule has 2 nitrogen and oxygen atoms in total. The summed E-state index contributed by atoms with van der Waals surface area (Å²) >= 11 is 5.68. The third kappa shape index (κ3) is 3.24. The molecule has 0 unspecified atom stereocenters. The zero-order valence-corrected chi connectivity index (χ0v) is 11.0. The van der Waals surface area contributed by atoms with E-state index in [9.17, 15) is 4.39 Å². The summed E-state index contributed by atoms with van der Waals surface area (Å²) in [4.78, 5) is 0. The summed E-state index contributed by atoms with van der Waals surface area (Å²) in [6, 6.07) is 11.6. The number of nitrogens with zero attached hydrogens (tertiary/aromatic N) is 1. The standard InChI is InChI=1S/C15H11ClFNO/c1-10-2-3-11(8-18)6-15(10)19-9-12-4-5-13(16)7-14(12)17/h2-7H,9H2,1H3. The zero-order chi connectivity index (χ0) is 13.8. The van der Waals surface area contributed by atoms with Gasteiger partial charge in [-0.25, -0.2) is 4.39 Å². The van der Waals surface area contributed by atoms with Gasteiger partial charge in [0.05, 0.1) is 11.6 Å². The van der Waals surface area contributed by atoms with Crippen molar-refractivity contribution in [3.8, 4) is 11.8 Å². The van der Waals surface area contributed by atoms with Crippen LogP contribution in [0.3, 0.4) is 0 Å². The first-order valence-electron chi connectivity index (χ1n) is 5.67. The first kappa shape index (κ1) is 13.4. The van der Waals surface area contributed by atoms with Crippen LogP contribution in [0.4, 0.5) is 4.39 Å². The highest BCUT2D eigenvalue weighted by atomic mass is 35.5. The van der Waals surface area contributed by atoms with Gasteiger partial charge in [-0.05, 0) is 36.8 Å². The minimum Gasteiger partial charge on any atom is -0.488 e. The molecule has 2 aromatic carbocycles. The summed E-state index contributed by atoms with van der Waals surface area (Å²) in [7, 11) is 0. The van der Waals surface area contributed by atoms with Crippen molar-refractivity contribution in [2.45, 2.75) is 13.5 Å². The molecule has 0 radical (unpaired) electrons. The number of hydrogen-bond acceptors (Lipinski definition) is 2. The Kier molecular flexibility index (Phi) is 4.03. The Morgan fingerprint density at radius 1 is 1.26 bits per heavy atom. The summed E-state index contributed by atoms with van der Waals surface area (Å²) < 4.78 is 19.1. The molecule has 0 bridgehead atoms. The Balaban J connectivity index is 2.16. The Morgan fingerprint density at radius 3 is 2.74 bits per heavy atom. The largest absolute Gasteiger partial charge is 0.488 e. The molecule has 0 fully saturated rings. The Morgan fingerprint density at radius 2 is 2.05 bits per heavy atom. The number of halogens is 2. The average molecular weight is 276 g/mol. The first-order valence-corrected chi connectivity index (χ1v) is 6.05. The molecule has 0 aliphatic rings. The topological polar surface area (TPSA) is 33.0 Å². The van der Waals surface area contributed by atoms with E-state index in [0.29, 0.717) is 21.9 Å². The van der Waals surface area contributed by atoms with Gasteiger partial charge in [0.1, 0.15) is 18.2 Å². The molecule has 0 spiro atoms. The molecule has 0 aliphatic carbocycles. The van der Waals surface area contributed by atoms with Crippen molar-refractivity contribution >= 4 is 11.6 Å². The second-order valence-electron chi connectivity index (χ2n) is 4.12. The van der Waals surface area contributed by atoms with Crippen LogP contribution >= 0.6 is 11.6 Å². The molecule has 19 heavy (non-hydrogen) atoms. The maximum absolute atomic E-state index is 13.6. The van der Waals surface area contributed by atoms with Crippen molar-refractivity contribution in [1.29, 1.82) is 5.26 Å². The van der Waals surface area contributed by atoms with Crippen molar-refractivity contribution in [2.75, 3.05) is 0 Å². The van der Waals surface area contributed by atoms with E-state index in [1.807, 2.05) is 13.0 Å². The number of hydrogen-bond donors (Lipinski definition) is 0. The van der Waals surface area contributed by atoms with Crippen LogP contribution < -0.4 is 4.74 Å². The fourth-order valence-electron chi connectivity index (χ4n) is 1.62. The van der Waals surface area contributed by atoms with Crippen LogP contribution in [0, 0.1) is 24.1 Å². The Bertz CT molecular complexity index is 649. The maximum atomic E-state index is 13.6. The van der Waals surface area contributed by atoms with Crippen molar-refractivity contribution in [3.05, 3.63) is 63.9 Å². The Labute approximate surface area is 116 Å². The SMILES string of the molecule is Cc1ccc(C#N)cc1OCc1ccc(Cl)cc1F. The number of ether oxygens (including phenoxy) is 1. The average Bonchev–Trinajstić information content (AvgIpc) is 2.39. The van der Waals surface area contributed by atoms with E-state index >= 15 is 0 Å². The van der Waals surface area contributed by atoms with Gasteiger partial charge in [-0.1, -0.05) is 23.7 Å². The number of rotatable bonds is 3. The van der Waals surface area contributed by atoms with Gasteiger partial charge in [0, 0.05) is 10.6 Å². The van der Waals surface area contributed by atoms with Gasteiger partial charge in [0.2, 0.25) is 0 Å². The third-order valence-electron chi connectivity index (χ3n) is 2.72. The van der Waals surface area contributed by atoms with Crippen LogP contribution in [0.1, 0.15) is 16.7 Å². The lowest BCUT2D eigenvalue weighted by molar-refractivity contribution is 0.298. The third-order valence-corrected chi connectivity index (χ3v) is 2.95. The summed E-state index contributed by atoms with van der Waals surface area (Å²) in [5.74, 6) is 0.176. The molecule has 4 heteroatoms. The van der Waals surface area contributed by atoms with Crippen LogP contribution in [0.5, 0.6) is 5.75 Å². The summed E-state index contributed by atoms with van der Waals surface area (Å²) in [5, 5.41) is 9.18. The van der Waals surface area contributed by atoms with Crippen LogP contribution in [0.15, 0.2) is 36.4 Å². The second kappa shape index (κ2) is 5.73. The van der Waals surface area contributed by atoms with E-state index in [2.05, 4.69) is 0 Å². The highest BCUT2D eigenvalue weighted by molar-refractivity contribution is 6.30. The number of aryl methyl sites for hydroxylation is 1. The molecule has 0 heterocycles. The molecular weight excluding hydrogens is 265 g/mol. The van der Waals surface area contributed by atoms with E-state index in [1.165, 1.54) is 6.07 Å². The van der Waals surface area contributed by atoms with E-state index < -0.39 is 5.82 Å². The maximum Gasteiger partial charge on any atom is 0.131 e. The van der Waals surface area contributed by atoms with E-state index in [-0.39, 0.29) is 6.61 Å². The van der Waals surface area contributed by atoms with Gasteiger partial charge in [0.15, 0.2) is 0 Å². The summed E-state index contributed by atoms with van der Waals surface area (Å²) in [6.45, 7) is 1.97. The number of nitriles is 1. The highest BCUT2D eigenvalue weighted by Gasteiger charge is 2.06. The molecule has 0 aromatic heterocycles. The Hall–Kier alpha value is -2.05. The normalized spacial score (nSPS) is 10.0. The molecular formula is C15H11ClFNO. The van der Waals surface area contributed by atoms with Crippen LogP contribution in [-0.2, 0) is 6.61 Å². The molecule has 0 atom stereocenters. The predicted octanol–water partition coefficient (Wildman–Crippen LogP) is 4.24. The van der Waals surface area contributed by atoms with Gasteiger partial charge in [-0.3, -0.25) is 0 Å². The molecule has 0 amide bonds. The zero-order valence-electron chi connectivity index (χ0n) is 10.3. The molecule has 0 aliphatic heterocycles. The molecule has 2 rings (SSSR count). The van der Waals surface area contributed by atoms with Crippen molar-refractivity contribution < 1.29 is 9.13 Å². The second-order valence-corrected chi connectivity index (χ2v) is 4.55. The van der Waals surface area contributed by atoms with Crippen LogP contribution in [0.2, 0.25) is 5.02 Å². The highest BCUT2D eigenvalue weighted by Crippen LogP contribution is 2.22. The van der Waals surface area contributed by atoms with E-state index in [4.69, 9.17) is 21.6 Å². The first-order chi connectivity index (χ1) is 9.10. The van der Waals surface area contributed by atoms with Gasteiger partial charge in [-0.15, -0.1) is 0 Å². The molecule has 0 saturated carbocycles. The van der Waals surface area contributed by atoms with Gasteiger partial charge >= 0.3 is 0 Å². The molecule has 96 valence electrons. The van der Waals surface area contributed by atoms with Crippen molar-refractivity contribution in [1.82, 2.24) is 0 Å². The van der Waals surface area contributed by atoms with E-state index in [1.54, 1.807) is 30.3 Å². The number of benzene rings is 2. The lowest BCUT2D eigenvalue weighted by Gasteiger charge is -2.10. The lowest BCUT2D eigenvalue weighted by atomic mass is 10.1.